The van der Waals surface area contributed by atoms with Crippen LogP contribution in [0.25, 0.3) is 0 Å². The van der Waals surface area contributed by atoms with E-state index in [1.54, 1.807) is 32.9 Å². The number of likely N-dealkylation sites (tertiary alicyclic amines) is 1. The number of halogens is 1. The van der Waals surface area contributed by atoms with Gasteiger partial charge in [0.1, 0.15) is 5.60 Å². The van der Waals surface area contributed by atoms with Crippen LogP contribution in [0.5, 0.6) is 0 Å². The van der Waals surface area contributed by atoms with Gasteiger partial charge in [-0.05, 0) is 45.7 Å². The number of amides is 3. The van der Waals surface area contributed by atoms with Gasteiger partial charge in [0.15, 0.2) is 0 Å². The number of carbonyl (C=O) groups excluding carboxylic acids is 4. The van der Waals surface area contributed by atoms with Crippen molar-refractivity contribution >= 4 is 23.9 Å². The standard InChI is InChI=1S/C19H21FN2O6/c1-18(2,3)27-17(26)21-10-6-9-19(20,11-21)16(25)28-22-14(23)12-7-4-5-8-13(12)15(22)24/h4-5,7-8H,6,9-11H2,1-3H3. The third kappa shape index (κ3) is 3.69. The number of ether oxygens (including phenoxy) is 1. The first-order valence-electron chi connectivity index (χ1n) is 8.89. The van der Waals surface area contributed by atoms with Crippen LogP contribution < -0.4 is 0 Å². The number of hydroxylamine groups is 2. The third-order valence-electron chi connectivity index (χ3n) is 4.39. The quantitative estimate of drug-likeness (QED) is 0.718. The molecule has 0 aliphatic carbocycles. The summed E-state index contributed by atoms with van der Waals surface area (Å²) in [6.45, 7) is 4.67. The largest absolute Gasteiger partial charge is 0.444 e. The van der Waals surface area contributed by atoms with Crippen molar-refractivity contribution in [3.05, 3.63) is 35.4 Å². The first kappa shape index (κ1) is 19.8. The fourth-order valence-electron chi connectivity index (χ4n) is 3.07. The summed E-state index contributed by atoms with van der Waals surface area (Å²) >= 11 is 0. The Kier molecular flexibility index (Phi) is 4.86. The molecule has 2 heterocycles. The SMILES string of the molecule is CC(C)(C)OC(=O)N1CCCC(F)(C(=O)ON2C(=O)c3ccccc3C2=O)C1. The highest BCUT2D eigenvalue weighted by atomic mass is 19.1. The highest BCUT2D eigenvalue weighted by Crippen LogP contribution is 2.30. The number of carbonyl (C=O) groups is 4. The number of piperidine rings is 1. The van der Waals surface area contributed by atoms with Crippen molar-refractivity contribution in [1.82, 2.24) is 9.96 Å². The van der Waals surface area contributed by atoms with Crippen molar-refractivity contribution in [3.8, 4) is 0 Å². The molecule has 150 valence electrons. The molecule has 1 aromatic rings. The van der Waals surface area contributed by atoms with Crippen molar-refractivity contribution in [3.63, 3.8) is 0 Å². The maximum absolute atomic E-state index is 15.3. The predicted octanol–water partition coefficient (Wildman–Crippen LogP) is 2.48. The number of rotatable bonds is 2. The fraction of sp³-hybridized carbons (Fsp3) is 0.474. The van der Waals surface area contributed by atoms with Crippen molar-refractivity contribution in [2.45, 2.75) is 44.9 Å². The van der Waals surface area contributed by atoms with Crippen LogP contribution in [0.15, 0.2) is 24.3 Å². The molecule has 1 unspecified atom stereocenters. The van der Waals surface area contributed by atoms with Crippen LogP contribution in [0.2, 0.25) is 0 Å². The van der Waals surface area contributed by atoms with Crippen molar-refractivity contribution in [1.29, 1.82) is 0 Å². The number of hydrogen-bond donors (Lipinski definition) is 0. The van der Waals surface area contributed by atoms with Gasteiger partial charge in [0, 0.05) is 6.54 Å². The summed E-state index contributed by atoms with van der Waals surface area (Å²) in [5.74, 6) is -3.06. The Labute approximate surface area is 161 Å². The second-order valence-corrected chi connectivity index (χ2v) is 7.80. The lowest BCUT2D eigenvalue weighted by atomic mass is 9.95. The number of nitrogens with zero attached hydrogens (tertiary/aromatic N) is 2. The highest BCUT2D eigenvalue weighted by Gasteiger charge is 2.49. The van der Waals surface area contributed by atoms with Gasteiger partial charge in [-0.3, -0.25) is 9.59 Å². The molecule has 1 saturated heterocycles. The Hall–Kier alpha value is -2.97. The van der Waals surface area contributed by atoms with E-state index in [0.717, 1.165) is 4.90 Å². The highest BCUT2D eigenvalue weighted by molar-refractivity contribution is 6.21. The zero-order valence-electron chi connectivity index (χ0n) is 15.9. The first-order valence-corrected chi connectivity index (χ1v) is 8.89. The molecule has 28 heavy (non-hydrogen) atoms. The number of benzene rings is 1. The van der Waals surface area contributed by atoms with Gasteiger partial charge in [-0.2, -0.15) is 0 Å². The van der Waals surface area contributed by atoms with E-state index in [4.69, 9.17) is 9.57 Å². The minimum absolute atomic E-state index is 0.0761. The minimum atomic E-state index is -2.55. The maximum atomic E-state index is 15.3. The van der Waals surface area contributed by atoms with Crippen molar-refractivity contribution in [2.24, 2.45) is 0 Å². The summed E-state index contributed by atoms with van der Waals surface area (Å²) in [6.07, 6.45) is -0.746. The van der Waals surface area contributed by atoms with Crippen LogP contribution in [-0.4, -0.2) is 58.2 Å². The van der Waals surface area contributed by atoms with Crippen LogP contribution in [0.1, 0.15) is 54.3 Å². The third-order valence-corrected chi connectivity index (χ3v) is 4.39. The zero-order valence-corrected chi connectivity index (χ0v) is 15.9. The predicted molar refractivity (Wildman–Crippen MR) is 93.9 cm³/mol. The Balaban J connectivity index is 1.71. The normalized spacial score (nSPS) is 22.1. The Morgan fingerprint density at radius 2 is 1.68 bits per heavy atom. The molecule has 0 bridgehead atoms. The van der Waals surface area contributed by atoms with E-state index >= 15 is 4.39 Å². The molecule has 0 saturated carbocycles. The van der Waals surface area contributed by atoms with Gasteiger partial charge < -0.3 is 14.5 Å². The van der Waals surface area contributed by atoms with E-state index < -0.39 is 41.7 Å². The molecule has 2 aliphatic rings. The lowest BCUT2D eigenvalue weighted by molar-refractivity contribution is -0.186. The minimum Gasteiger partial charge on any atom is -0.444 e. The van der Waals surface area contributed by atoms with Crippen molar-refractivity contribution < 1.29 is 33.1 Å². The number of hydrogen-bond acceptors (Lipinski definition) is 6. The molecule has 3 rings (SSSR count). The second kappa shape index (κ2) is 6.88. The second-order valence-electron chi connectivity index (χ2n) is 7.80. The summed E-state index contributed by atoms with van der Waals surface area (Å²) in [7, 11) is 0. The molecule has 0 N–H and O–H groups in total. The van der Waals surface area contributed by atoms with E-state index in [0.29, 0.717) is 0 Å². The smallest absolute Gasteiger partial charge is 0.410 e. The molecule has 8 nitrogen and oxygen atoms in total. The van der Waals surface area contributed by atoms with Gasteiger partial charge in [0.05, 0.1) is 17.7 Å². The van der Waals surface area contributed by atoms with Crippen LogP contribution in [-0.2, 0) is 14.4 Å². The Bertz CT molecular complexity index is 814. The molecule has 1 fully saturated rings. The lowest BCUT2D eigenvalue weighted by Crippen LogP contribution is -2.54. The van der Waals surface area contributed by atoms with E-state index in [1.165, 1.54) is 12.1 Å². The molecule has 9 heteroatoms. The number of fused-ring (bicyclic) bond motifs is 1. The van der Waals surface area contributed by atoms with Gasteiger partial charge >= 0.3 is 12.1 Å². The van der Waals surface area contributed by atoms with E-state index in [1.807, 2.05) is 0 Å². The fourth-order valence-corrected chi connectivity index (χ4v) is 3.07. The van der Waals surface area contributed by atoms with Crippen LogP contribution in [0.4, 0.5) is 9.18 Å². The number of alkyl halides is 1. The molecule has 2 aliphatic heterocycles. The lowest BCUT2D eigenvalue weighted by Gasteiger charge is -2.36. The van der Waals surface area contributed by atoms with E-state index in [2.05, 4.69) is 0 Å². The monoisotopic (exact) mass is 392 g/mol. The molecular formula is C19H21FN2O6. The Morgan fingerprint density at radius 3 is 2.21 bits per heavy atom. The molecule has 0 aromatic heterocycles. The summed E-state index contributed by atoms with van der Waals surface area (Å²) in [5.41, 5.74) is -3.17. The summed E-state index contributed by atoms with van der Waals surface area (Å²) in [5, 5.41) is 0.265. The summed E-state index contributed by atoms with van der Waals surface area (Å²) in [6, 6.07) is 5.95. The molecule has 0 radical (unpaired) electrons. The molecule has 0 spiro atoms. The zero-order chi connectivity index (χ0) is 20.7. The topological polar surface area (TPSA) is 93.2 Å². The molecule has 3 amide bonds. The van der Waals surface area contributed by atoms with Gasteiger partial charge in [0.25, 0.3) is 11.8 Å². The molecule has 1 atom stereocenters. The van der Waals surface area contributed by atoms with Crippen molar-refractivity contribution in [2.75, 3.05) is 13.1 Å². The van der Waals surface area contributed by atoms with Crippen LogP contribution in [0, 0.1) is 0 Å². The number of imide groups is 1. The first-order chi connectivity index (χ1) is 13.0. The molecular weight excluding hydrogens is 371 g/mol. The van der Waals surface area contributed by atoms with Gasteiger partial charge in [-0.15, -0.1) is 0 Å². The average molecular weight is 392 g/mol. The maximum Gasteiger partial charge on any atom is 0.410 e. The molecule has 1 aromatic carbocycles. The van der Waals surface area contributed by atoms with Gasteiger partial charge in [-0.25, -0.2) is 14.0 Å². The van der Waals surface area contributed by atoms with Gasteiger partial charge in [-0.1, -0.05) is 17.2 Å². The van der Waals surface area contributed by atoms with E-state index in [9.17, 15) is 19.2 Å². The van der Waals surface area contributed by atoms with Crippen LogP contribution >= 0.6 is 0 Å². The van der Waals surface area contributed by atoms with Gasteiger partial charge in [0.2, 0.25) is 5.67 Å². The summed E-state index contributed by atoms with van der Waals surface area (Å²) < 4.78 is 20.5. The average Bonchev–Trinajstić information content (AvgIpc) is 2.85. The summed E-state index contributed by atoms with van der Waals surface area (Å²) in [4.78, 5) is 55.1. The van der Waals surface area contributed by atoms with Crippen LogP contribution in [0.3, 0.4) is 0 Å². The van der Waals surface area contributed by atoms with E-state index in [-0.39, 0.29) is 35.6 Å². The Morgan fingerprint density at radius 1 is 1.11 bits per heavy atom.